The molecule has 3 aromatic rings. The van der Waals surface area contributed by atoms with Crippen LogP contribution in [0.5, 0.6) is 0 Å². The largest absolute Gasteiger partial charge is 0.349 e. The van der Waals surface area contributed by atoms with Gasteiger partial charge in [0, 0.05) is 5.69 Å². The zero-order valence-electron chi connectivity index (χ0n) is 20.2. The molecule has 0 unspecified atom stereocenters. The summed E-state index contributed by atoms with van der Waals surface area (Å²) in [5, 5.41) is 7.81. The van der Waals surface area contributed by atoms with Crippen molar-refractivity contribution in [1.29, 1.82) is 0 Å². The van der Waals surface area contributed by atoms with Crippen LogP contribution in [0.3, 0.4) is 0 Å². The van der Waals surface area contributed by atoms with E-state index in [-0.39, 0.29) is 11.7 Å². The summed E-state index contributed by atoms with van der Waals surface area (Å²) in [6.07, 6.45) is 3.68. The van der Waals surface area contributed by atoms with Crippen molar-refractivity contribution >= 4 is 5.91 Å². The van der Waals surface area contributed by atoms with Gasteiger partial charge in [-0.15, -0.1) is 0 Å². The molecule has 2 aromatic carbocycles. The van der Waals surface area contributed by atoms with E-state index in [4.69, 9.17) is 5.10 Å². The van der Waals surface area contributed by atoms with Gasteiger partial charge in [-0.1, -0.05) is 50.2 Å². The minimum Gasteiger partial charge on any atom is -0.349 e. The molecule has 1 fully saturated rings. The number of rotatable bonds is 9. The first-order valence-corrected chi connectivity index (χ1v) is 12.3. The molecule has 34 heavy (non-hydrogen) atoms. The first-order valence-electron chi connectivity index (χ1n) is 12.3. The Morgan fingerprint density at radius 3 is 2.50 bits per heavy atom. The van der Waals surface area contributed by atoms with Gasteiger partial charge in [0.1, 0.15) is 5.82 Å². The van der Waals surface area contributed by atoms with Crippen molar-refractivity contribution in [2.45, 2.75) is 46.1 Å². The maximum Gasteiger partial charge on any atom is 0.234 e. The third-order valence-corrected chi connectivity index (χ3v) is 6.46. The normalized spacial score (nSPS) is 15.1. The number of piperidine rings is 1. The molecule has 2 heterocycles. The zero-order valence-corrected chi connectivity index (χ0v) is 20.2. The van der Waals surface area contributed by atoms with Gasteiger partial charge in [0.05, 0.1) is 24.5 Å². The first-order chi connectivity index (χ1) is 16.5. The summed E-state index contributed by atoms with van der Waals surface area (Å²) >= 11 is 0. The molecule has 180 valence electrons. The van der Waals surface area contributed by atoms with Crippen LogP contribution in [-0.4, -0.2) is 40.2 Å². The molecule has 0 radical (unpaired) electrons. The van der Waals surface area contributed by atoms with Crippen molar-refractivity contribution < 1.29 is 9.18 Å². The Balaban J connectivity index is 1.27. The fraction of sp³-hybridized carbons (Fsp3) is 0.429. The molecule has 6 heteroatoms. The van der Waals surface area contributed by atoms with E-state index >= 15 is 0 Å². The first kappa shape index (κ1) is 24.1. The van der Waals surface area contributed by atoms with E-state index in [1.807, 2.05) is 35.0 Å². The number of benzene rings is 2. The number of nitrogens with zero attached hydrogens (tertiary/aromatic N) is 3. The molecule has 1 aliphatic rings. The molecule has 1 N–H and O–H groups in total. The second kappa shape index (κ2) is 11.4. The van der Waals surface area contributed by atoms with Crippen LogP contribution < -0.4 is 5.32 Å². The topological polar surface area (TPSA) is 50.2 Å². The van der Waals surface area contributed by atoms with Crippen molar-refractivity contribution in [2.24, 2.45) is 11.8 Å². The molecule has 1 amide bonds. The number of carbonyl (C=O) groups is 1. The zero-order chi connectivity index (χ0) is 23.9. The summed E-state index contributed by atoms with van der Waals surface area (Å²) in [7, 11) is 0. The molecule has 0 aliphatic carbocycles. The summed E-state index contributed by atoms with van der Waals surface area (Å²) in [5.74, 6) is 0.892. The second-order valence-electron chi connectivity index (χ2n) is 9.76. The number of likely N-dealkylation sites (tertiary alicyclic amines) is 1. The van der Waals surface area contributed by atoms with Gasteiger partial charge in [-0.05, 0) is 80.4 Å². The van der Waals surface area contributed by atoms with Crippen molar-refractivity contribution in [3.05, 3.63) is 83.4 Å². The highest BCUT2D eigenvalue weighted by Crippen LogP contribution is 2.23. The van der Waals surface area contributed by atoms with Gasteiger partial charge < -0.3 is 5.32 Å². The summed E-state index contributed by atoms with van der Waals surface area (Å²) in [6.45, 7) is 6.95. The summed E-state index contributed by atoms with van der Waals surface area (Å²) in [6, 6.07) is 19.3. The van der Waals surface area contributed by atoms with Crippen LogP contribution in [0.2, 0.25) is 0 Å². The highest BCUT2D eigenvalue weighted by molar-refractivity contribution is 5.78. The van der Waals surface area contributed by atoms with Crippen LogP contribution in [0.25, 0.3) is 5.69 Å². The maximum atomic E-state index is 13.9. The molecule has 1 aliphatic heterocycles. The number of hydrogen-bond donors (Lipinski definition) is 1. The molecule has 0 spiro atoms. The summed E-state index contributed by atoms with van der Waals surface area (Å²) < 4.78 is 15.9. The van der Waals surface area contributed by atoms with E-state index in [9.17, 15) is 9.18 Å². The van der Waals surface area contributed by atoms with Crippen molar-refractivity contribution in [2.75, 3.05) is 19.6 Å². The average Bonchev–Trinajstić information content (AvgIpc) is 3.23. The molecular formula is C28H35FN4O. The fourth-order valence-corrected chi connectivity index (χ4v) is 4.69. The van der Waals surface area contributed by atoms with Crippen molar-refractivity contribution in [3.63, 3.8) is 0 Å². The SMILES string of the molecule is CC(C)Cc1cc(CNC(=O)CN2CCC(Cc3ccccc3F)CC2)nn1-c1ccccc1. The lowest BCUT2D eigenvalue weighted by molar-refractivity contribution is -0.122. The second-order valence-corrected chi connectivity index (χ2v) is 9.76. The van der Waals surface area contributed by atoms with E-state index in [1.165, 1.54) is 6.07 Å². The van der Waals surface area contributed by atoms with E-state index < -0.39 is 0 Å². The minimum atomic E-state index is -0.115. The number of amides is 1. The Morgan fingerprint density at radius 2 is 1.79 bits per heavy atom. The Bertz CT molecular complexity index is 1070. The Morgan fingerprint density at radius 1 is 1.09 bits per heavy atom. The molecule has 1 aromatic heterocycles. The van der Waals surface area contributed by atoms with Gasteiger partial charge in [-0.3, -0.25) is 9.69 Å². The van der Waals surface area contributed by atoms with Gasteiger partial charge in [0.2, 0.25) is 5.91 Å². The van der Waals surface area contributed by atoms with E-state index in [0.717, 1.165) is 61.4 Å². The number of carbonyl (C=O) groups excluding carboxylic acids is 1. The highest BCUT2D eigenvalue weighted by atomic mass is 19.1. The molecule has 4 rings (SSSR count). The molecule has 0 saturated carbocycles. The fourth-order valence-electron chi connectivity index (χ4n) is 4.69. The Labute approximate surface area is 202 Å². The average molecular weight is 463 g/mol. The number of hydrogen-bond acceptors (Lipinski definition) is 3. The van der Waals surface area contributed by atoms with E-state index in [2.05, 4.69) is 42.3 Å². The predicted octanol–water partition coefficient (Wildman–Crippen LogP) is 4.78. The molecule has 0 atom stereocenters. The van der Waals surface area contributed by atoms with Gasteiger partial charge in [0.25, 0.3) is 0 Å². The summed E-state index contributed by atoms with van der Waals surface area (Å²) in [5.41, 5.74) is 3.86. The third-order valence-electron chi connectivity index (χ3n) is 6.46. The Kier molecular flexibility index (Phi) is 8.12. The molecule has 0 bridgehead atoms. The maximum absolute atomic E-state index is 13.9. The van der Waals surface area contributed by atoms with Crippen LogP contribution in [0.15, 0.2) is 60.7 Å². The highest BCUT2D eigenvalue weighted by Gasteiger charge is 2.22. The number of halogens is 1. The standard InChI is InChI=1S/C28H35FN4O/c1-21(2)16-26-18-24(31-33(26)25-9-4-3-5-10-25)19-30-28(34)20-32-14-12-22(13-15-32)17-23-8-6-7-11-27(23)29/h3-11,18,21-22H,12-17,19-20H2,1-2H3,(H,30,34). The van der Waals surface area contributed by atoms with Gasteiger partial charge >= 0.3 is 0 Å². The van der Waals surface area contributed by atoms with Crippen LogP contribution >= 0.6 is 0 Å². The summed E-state index contributed by atoms with van der Waals surface area (Å²) in [4.78, 5) is 14.8. The lowest BCUT2D eigenvalue weighted by Crippen LogP contribution is -2.41. The predicted molar refractivity (Wildman–Crippen MR) is 133 cm³/mol. The number of nitrogens with one attached hydrogen (secondary N) is 1. The molecule has 5 nitrogen and oxygen atoms in total. The van der Waals surface area contributed by atoms with Crippen LogP contribution in [0.1, 0.15) is 43.6 Å². The van der Waals surface area contributed by atoms with Gasteiger partial charge in [-0.2, -0.15) is 5.10 Å². The van der Waals surface area contributed by atoms with E-state index in [1.54, 1.807) is 6.07 Å². The van der Waals surface area contributed by atoms with Crippen LogP contribution in [0, 0.1) is 17.7 Å². The lowest BCUT2D eigenvalue weighted by Gasteiger charge is -2.31. The van der Waals surface area contributed by atoms with Gasteiger partial charge in [-0.25, -0.2) is 9.07 Å². The van der Waals surface area contributed by atoms with Crippen LogP contribution in [-0.2, 0) is 24.2 Å². The van der Waals surface area contributed by atoms with E-state index in [0.29, 0.717) is 24.9 Å². The molecular weight excluding hydrogens is 427 g/mol. The van der Waals surface area contributed by atoms with Gasteiger partial charge in [0.15, 0.2) is 0 Å². The lowest BCUT2D eigenvalue weighted by atomic mass is 9.90. The number of para-hydroxylation sites is 1. The molecule has 1 saturated heterocycles. The monoisotopic (exact) mass is 462 g/mol. The minimum absolute atomic E-state index is 0.0206. The number of aromatic nitrogens is 2. The quantitative estimate of drug-likeness (QED) is 0.498. The van der Waals surface area contributed by atoms with Crippen LogP contribution in [0.4, 0.5) is 4.39 Å². The smallest absolute Gasteiger partial charge is 0.234 e. The Hall–Kier alpha value is -2.99. The third kappa shape index (κ3) is 6.54. The van der Waals surface area contributed by atoms with Crippen molar-refractivity contribution in [3.8, 4) is 5.69 Å². The van der Waals surface area contributed by atoms with Crippen molar-refractivity contribution in [1.82, 2.24) is 20.0 Å².